The molecule has 3 N–H and O–H groups in total. The van der Waals surface area contributed by atoms with Crippen molar-refractivity contribution in [2.24, 2.45) is 11.1 Å². The fourth-order valence-electron chi connectivity index (χ4n) is 1.32. The number of halogens is 2. The summed E-state index contributed by atoms with van der Waals surface area (Å²) in [5.74, 6) is -0.745. The van der Waals surface area contributed by atoms with Crippen molar-refractivity contribution in [3.63, 3.8) is 0 Å². The fourth-order valence-corrected chi connectivity index (χ4v) is 1.56. The molecule has 94 valence electrons. The Kier molecular flexibility index (Phi) is 4.48. The van der Waals surface area contributed by atoms with E-state index in [1.165, 1.54) is 12.1 Å². The SMILES string of the molecule is CC(C)(CNCc1cc(F)cc(Cl)c1)C(N)=O. The Labute approximate surface area is 105 Å². The summed E-state index contributed by atoms with van der Waals surface area (Å²) in [7, 11) is 0. The van der Waals surface area contributed by atoms with Crippen molar-refractivity contribution in [1.82, 2.24) is 5.32 Å². The Morgan fingerprint density at radius 2 is 2.12 bits per heavy atom. The number of amides is 1. The third-order valence-electron chi connectivity index (χ3n) is 2.49. The molecule has 0 spiro atoms. The number of benzene rings is 1. The van der Waals surface area contributed by atoms with E-state index in [-0.39, 0.29) is 11.7 Å². The second-order valence-corrected chi connectivity index (χ2v) is 5.07. The molecule has 5 heteroatoms. The molecular formula is C12H16ClFN2O. The molecule has 1 rings (SSSR count). The summed E-state index contributed by atoms with van der Waals surface area (Å²) in [5.41, 5.74) is 5.34. The van der Waals surface area contributed by atoms with E-state index < -0.39 is 5.41 Å². The van der Waals surface area contributed by atoms with Crippen LogP contribution in [0.15, 0.2) is 18.2 Å². The van der Waals surface area contributed by atoms with E-state index in [0.29, 0.717) is 18.1 Å². The number of hydrogen-bond acceptors (Lipinski definition) is 2. The lowest BCUT2D eigenvalue weighted by Gasteiger charge is -2.20. The van der Waals surface area contributed by atoms with Gasteiger partial charge < -0.3 is 11.1 Å². The maximum Gasteiger partial charge on any atom is 0.224 e. The van der Waals surface area contributed by atoms with E-state index in [1.54, 1.807) is 19.9 Å². The van der Waals surface area contributed by atoms with Gasteiger partial charge >= 0.3 is 0 Å². The average molecular weight is 259 g/mol. The molecule has 0 aliphatic heterocycles. The van der Waals surface area contributed by atoms with Crippen molar-refractivity contribution in [3.8, 4) is 0 Å². The molecule has 1 aromatic rings. The molecule has 0 atom stereocenters. The highest BCUT2D eigenvalue weighted by atomic mass is 35.5. The molecule has 0 saturated carbocycles. The standard InChI is InChI=1S/C12H16ClFN2O/c1-12(2,11(15)17)7-16-6-8-3-9(13)5-10(14)4-8/h3-5,16H,6-7H2,1-2H3,(H2,15,17). The van der Waals surface area contributed by atoms with Crippen LogP contribution in [-0.4, -0.2) is 12.5 Å². The quantitative estimate of drug-likeness (QED) is 0.850. The van der Waals surface area contributed by atoms with Gasteiger partial charge in [-0.2, -0.15) is 0 Å². The predicted octanol–water partition coefficient (Wildman–Crippen LogP) is 2.08. The highest BCUT2D eigenvalue weighted by Gasteiger charge is 2.23. The zero-order valence-corrected chi connectivity index (χ0v) is 10.6. The first-order chi connectivity index (χ1) is 7.81. The number of nitrogens with one attached hydrogen (secondary N) is 1. The third kappa shape index (κ3) is 4.32. The van der Waals surface area contributed by atoms with Crippen molar-refractivity contribution < 1.29 is 9.18 Å². The van der Waals surface area contributed by atoms with Gasteiger partial charge in [0.15, 0.2) is 0 Å². The van der Waals surface area contributed by atoms with E-state index in [9.17, 15) is 9.18 Å². The molecule has 0 aliphatic carbocycles. The highest BCUT2D eigenvalue weighted by molar-refractivity contribution is 6.30. The summed E-state index contributed by atoms with van der Waals surface area (Å²) < 4.78 is 13.0. The van der Waals surface area contributed by atoms with Crippen LogP contribution in [-0.2, 0) is 11.3 Å². The summed E-state index contributed by atoms with van der Waals surface area (Å²) in [4.78, 5) is 11.1. The van der Waals surface area contributed by atoms with Gasteiger partial charge in [0.25, 0.3) is 0 Å². The second-order valence-electron chi connectivity index (χ2n) is 4.63. The van der Waals surface area contributed by atoms with Gasteiger partial charge in [-0.25, -0.2) is 4.39 Å². The molecule has 0 aliphatic rings. The largest absolute Gasteiger partial charge is 0.369 e. The number of hydrogen-bond donors (Lipinski definition) is 2. The van der Waals surface area contributed by atoms with E-state index >= 15 is 0 Å². The lowest BCUT2D eigenvalue weighted by molar-refractivity contribution is -0.125. The van der Waals surface area contributed by atoms with Gasteiger partial charge in [0.1, 0.15) is 5.82 Å². The molecular weight excluding hydrogens is 243 g/mol. The first-order valence-corrected chi connectivity index (χ1v) is 5.64. The molecule has 17 heavy (non-hydrogen) atoms. The number of nitrogens with two attached hydrogens (primary N) is 1. The normalized spacial score (nSPS) is 11.5. The fraction of sp³-hybridized carbons (Fsp3) is 0.417. The van der Waals surface area contributed by atoms with Gasteiger partial charge in [-0.05, 0) is 37.6 Å². The number of rotatable bonds is 5. The monoisotopic (exact) mass is 258 g/mol. The van der Waals surface area contributed by atoms with Crippen molar-refractivity contribution in [2.45, 2.75) is 20.4 Å². The molecule has 0 unspecified atom stereocenters. The Bertz CT molecular complexity index is 401. The van der Waals surface area contributed by atoms with Crippen LogP contribution in [0.4, 0.5) is 4.39 Å². The molecule has 0 fully saturated rings. The van der Waals surface area contributed by atoms with E-state index in [4.69, 9.17) is 17.3 Å². The minimum absolute atomic E-state index is 0.357. The molecule has 0 radical (unpaired) electrons. The molecule has 0 aromatic heterocycles. The van der Waals surface area contributed by atoms with Crippen LogP contribution in [0.2, 0.25) is 5.02 Å². The number of carbonyl (C=O) groups excluding carboxylic acids is 1. The van der Waals surface area contributed by atoms with Crippen LogP contribution in [0.1, 0.15) is 19.4 Å². The van der Waals surface area contributed by atoms with Gasteiger partial charge in [-0.1, -0.05) is 11.6 Å². The first-order valence-electron chi connectivity index (χ1n) is 5.27. The van der Waals surface area contributed by atoms with Crippen LogP contribution in [0.25, 0.3) is 0 Å². The maximum atomic E-state index is 13.0. The van der Waals surface area contributed by atoms with E-state index in [0.717, 1.165) is 5.56 Å². The maximum absolute atomic E-state index is 13.0. The summed E-state index contributed by atoms with van der Waals surface area (Å²) in [5, 5.41) is 3.41. The molecule has 1 amide bonds. The molecule has 1 aromatic carbocycles. The van der Waals surface area contributed by atoms with Crippen LogP contribution in [0.5, 0.6) is 0 Å². The minimum atomic E-state index is -0.628. The van der Waals surface area contributed by atoms with Crippen LogP contribution < -0.4 is 11.1 Å². The van der Waals surface area contributed by atoms with Crippen LogP contribution >= 0.6 is 11.6 Å². The third-order valence-corrected chi connectivity index (χ3v) is 2.70. The van der Waals surface area contributed by atoms with Crippen LogP contribution in [0, 0.1) is 11.2 Å². The lowest BCUT2D eigenvalue weighted by atomic mass is 9.93. The Morgan fingerprint density at radius 3 is 2.65 bits per heavy atom. The Hall–Kier alpha value is -1.13. The zero-order valence-electron chi connectivity index (χ0n) is 9.89. The molecule has 0 heterocycles. The average Bonchev–Trinajstić information content (AvgIpc) is 2.15. The number of primary amides is 1. The smallest absolute Gasteiger partial charge is 0.224 e. The first kappa shape index (κ1) is 13.9. The second kappa shape index (κ2) is 5.47. The van der Waals surface area contributed by atoms with E-state index in [1.807, 2.05) is 0 Å². The van der Waals surface area contributed by atoms with Crippen molar-refractivity contribution in [3.05, 3.63) is 34.6 Å². The van der Waals surface area contributed by atoms with Gasteiger partial charge in [-0.3, -0.25) is 4.79 Å². The summed E-state index contributed by atoms with van der Waals surface area (Å²) >= 11 is 5.73. The minimum Gasteiger partial charge on any atom is -0.369 e. The van der Waals surface area contributed by atoms with E-state index in [2.05, 4.69) is 5.32 Å². The molecule has 3 nitrogen and oxygen atoms in total. The van der Waals surface area contributed by atoms with Crippen molar-refractivity contribution in [1.29, 1.82) is 0 Å². The highest BCUT2D eigenvalue weighted by Crippen LogP contribution is 2.15. The Balaban J connectivity index is 2.54. The lowest BCUT2D eigenvalue weighted by Crippen LogP contribution is -2.40. The van der Waals surface area contributed by atoms with Gasteiger partial charge in [0.05, 0.1) is 5.41 Å². The van der Waals surface area contributed by atoms with Crippen LogP contribution in [0.3, 0.4) is 0 Å². The predicted molar refractivity (Wildman–Crippen MR) is 66.1 cm³/mol. The Morgan fingerprint density at radius 1 is 1.47 bits per heavy atom. The zero-order chi connectivity index (χ0) is 13.1. The summed E-state index contributed by atoms with van der Waals surface area (Å²) in [6.45, 7) is 4.37. The van der Waals surface area contributed by atoms with Crippen molar-refractivity contribution in [2.75, 3.05) is 6.54 Å². The molecule has 0 bridgehead atoms. The van der Waals surface area contributed by atoms with Gasteiger partial charge in [0, 0.05) is 18.1 Å². The topological polar surface area (TPSA) is 55.1 Å². The van der Waals surface area contributed by atoms with Crippen molar-refractivity contribution >= 4 is 17.5 Å². The summed E-state index contributed by atoms with van der Waals surface area (Å²) in [6, 6.07) is 4.32. The number of carbonyl (C=O) groups is 1. The van der Waals surface area contributed by atoms with Gasteiger partial charge in [-0.15, -0.1) is 0 Å². The molecule has 0 saturated heterocycles. The van der Waals surface area contributed by atoms with Gasteiger partial charge in [0.2, 0.25) is 5.91 Å². The summed E-state index contributed by atoms with van der Waals surface area (Å²) in [6.07, 6.45) is 0.